The van der Waals surface area contributed by atoms with Gasteiger partial charge in [0.1, 0.15) is 0 Å². The van der Waals surface area contributed by atoms with Crippen molar-refractivity contribution in [2.45, 2.75) is 26.3 Å². The lowest BCUT2D eigenvalue weighted by Crippen LogP contribution is -2.18. The minimum absolute atomic E-state index is 0.0994. The van der Waals surface area contributed by atoms with Gasteiger partial charge in [-0.1, -0.05) is 6.92 Å². The third kappa shape index (κ3) is 5.30. The number of hydrogen-bond donors (Lipinski definition) is 2. The molecule has 1 aromatic rings. The van der Waals surface area contributed by atoms with E-state index in [1.54, 1.807) is 0 Å². The summed E-state index contributed by atoms with van der Waals surface area (Å²) in [6, 6.07) is 2.13. The predicted molar refractivity (Wildman–Crippen MR) is 66.8 cm³/mol. The zero-order chi connectivity index (χ0) is 12.5. The SMILES string of the molecule is CCc1cc(CNCCCOCCO)n(C)n1. The van der Waals surface area contributed by atoms with E-state index in [2.05, 4.69) is 23.4 Å². The molecule has 17 heavy (non-hydrogen) atoms. The Hall–Kier alpha value is -0.910. The molecular weight excluding hydrogens is 218 g/mol. The molecule has 98 valence electrons. The average molecular weight is 241 g/mol. The first-order valence-corrected chi connectivity index (χ1v) is 6.19. The molecule has 1 heterocycles. The van der Waals surface area contributed by atoms with E-state index in [0.717, 1.165) is 31.6 Å². The van der Waals surface area contributed by atoms with Gasteiger partial charge in [0.05, 0.1) is 24.6 Å². The topological polar surface area (TPSA) is 59.3 Å². The smallest absolute Gasteiger partial charge is 0.0697 e. The van der Waals surface area contributed by atoms with Crippen LogP contribution in [-0.2, 0) is 24.8 Å². The van der Waals surface area contributed by atoms with Crippen LogP contribution in [0.5, 0.6) is 0 Å². The molecule has 0 aliphatic heterocycles. The van der Waals surface area contributed by atoms with Gasteiger partial charge in [-0.25, -0.2) is 0 Å². The molecule has 0 radical (unpaired) electrons. The van der Waals surface area contributed by atoms with E-state index in [-0.39, 0.29) is 6.61 Å². The third-order valence-corrected chi connectivity index (χ3v) is 2.57. The lowest BCUT2D eigenvalue weighted by molar-refractivity contribution is 0.0907. The minimum Gasteiger partial charge on any atom is -0.394 e. The van der Waals surface area contributed by atoms with Gasteiger partial charge in [0.15, 0.2) is 0 Å². The van der Waals surface area contributed by atoms with Crippen LogP contribution in [0.4, 0.5) is 0 Å². The molecule has 0 fully saturated rings. The summed E-state index contributed by atoms with van der Waals surface area (Å²) in [5.41, 5.74) is 2.34. The van der Waals surface area contributed by atoms with Crippen LogP contribution in [0, 0.1) is 0 Å². The summed E-state index contributed by atoms with van der Waals surface area (Å²) < 4.78 is 7.10. The quantitative estimate of drug-likeness (QED) is 0.617. The van der Waals surface area contributed by atoms with E-state index in [9.17, 15) is 0 Å². The first kappa shape index (κ1) is 14.2. The van der Waals surface area contributed by atoms with Crippen molar-refractivity contribution in [3.8, 4) is 0 Å². The summed E-state index contributed by atoms with van der Waals surface area (Å²) in [6.45, 7) is 5.09. The van der Waals surface area contributed by atoms with Crippen LogP contribution >= 0.6 is 0 Å². The number of ether oxygens (including phenoxy) is 1. The zero-order valence-electron chi connectivity index (χ0n) is 10.8. The Bertz CT molecular complexity index is 313. The number of nitrogens with one attached hydrogen (secondary N) is 1. The number of aromatic nitrogens is 2. The van der Waals surface area contributed by atoms with E-state index in [1.807, 2.05) is 11.7 Å². The Morgan fingerprint density at radius 2 is 2.29 bits per heavy atom. The van der Waals surface area contributed by atoms with Gasteiger partial charge in [-0.15, -0.1) is 0 Å². The molecule has 1 rings (SSSR count). The number of aliphatic hydroxyl groups is 1. The molecule has 0 saturated heterocycles. The Morgan fingerprint density at radius 3 is 2.94 bits per heavy atom. The van der Waals surface area contributed by atoms with E-state index < -0.39 is 0 Å². The van der Waals surface area contributed by atoms with Crippen molar-refractivity contribution < 1.29 is 9.84 Å². The molecule has 0 aromatic carbocycles. The fraction of sp³-hybridized carbons (Fsp3) is 0.750. The molecular formula is C12H23N3O2. The molecule has 0 aliphatic rings. The highest BCUT2D eigenvalue weighted by Gasteiger charge is 2.02. The van der Waals surface area contributed by atoms with Gasteiger partial charge in [0.25, 0.3) is 0 Å². The second kappa shape index (κ2) is 8.22. The maximum atomic E-state index is 8.52. The fourth-order valence-corrected chi connectivity index (χ4v) is 1.59. The highest BCUT2D eigenvalue weighted by Crippen LogP contribution is 2.03. The normalized spacial score (nSPS) is 11.0. The van der Waals surface area contributed by atoms with Gasteiger partial charge < -0.3 is 15.2 Å². The highest BCUT2D eigenvalue weighted by molar-refractivity contribution is 5.09. The lowest BCUT2D eigenvalue weighted by atomic mass is 10.3. The second-order valence-corrected chi connectivity index (χ2v) is 3.97. The third-order valence-electron chi connectivity index (χ3n) is 2.57. The summed E-state index contributed by atoms with van der Waals surface area (Å²) in [7, 11) is 1.97. The van der Waals surface area contributed by atoms with E-state index in [0.29, 0.717) is 13.2 Å². The van der Waals surface area contributed by atoms with Crippen LogP contribution in [0.3, 0.4) is 0 Å². The maximum absolute atomic E-state index is 8.52. The van der Waals surface area contributed by atoms with Crippen LogP contribution < -0.4 is 5.32 Å². The predicted octanol–water partition coefficient (Wildman–Crippen LogP) is 0.471. The molecule has 0 aliphatic carbocycles. The summed E-state index contributed by atoms with van der Waals surface area (Å²) in [4.78, 5) is 0. The highest BCUT2D eigenvalue weighted by atomic mass is 16.5. The van der Waals surface area contributed by atoms with Gasteiger partial charge >= 0.3 is 0 Å². The molecule has 0 amide bonds. The number of hydrogen-bond acceptors (Lipinski definition) is 4. The van der Waals surface area contributed by atoms with Crippen molar-refractivity contribution >= 4 is 0 Å². The summed E-state index contributed by atoms with van der Waals surface area (Å²) in [5, 5.41) is 16.3. The molecule has 0 unspecified atom stereocenters. The van der Waals surface area contributed by atoms with Crippen molar-refractivity contribution in [1.29, 1.82) is 0 Å². The molecule has 5 heteroatoms. The molecule has 2 N–H and O–H groups in total. The monoisotopic (exact) mass is 241 g/mol. The largest absolute Gasteiger partial charge is 0.394 e. The summed E-state index contributed by atoms with van der Waals surface area (Å²) >= 11 is 0. The van der Waals surface area contributed by atoms with Crippen LogP contribution in [-0.4, -0.2) is 41.3 Å². The van der Waals surface area contributed by atoms with Crippen LogP contribution in [0.1, 0.15) is 24.7 Å². The summed E-state index contributed by atoms with van der Waals surface area (Å²) in [6.07, 6.45) is 1.93. The zero-order valence-corrected chi connectivity index (χ0v) is 10.8. The second-order valence-electron chi connectivity index (χ2n) is 3.97. The first-order chi connectivity index (χ1) is 8.27. The van der Waals surface area contributed by atoms with Gasteiger partial charge in [0, 0.05) is 20.2 Å². The van der Waals surface area contributed by atoms with Crippen LogP contribution in [0.2, 0.25) is 0 Å². The number of nitrogens with zero attached hydrogens (tertiary/aromatic N) is 2. The molecule has 0 spiro atoms. The molecule has 0 atom stereocenters. The van der Waals surface area contributed by atoms with E-state index in [4.69, 9.17) is 9.84 Å². The Kier molecular flexibility index (Phi) is 6.84. The van der Waals surface area contributed by atoms with Gasteiger partial charge in [-0.05, 0) is 25.5 Å². The van der Waals surface area contributed by atoms with Crippen molar-refractivity contribution in [2.75, 3.05) is 26.4 Å². The van der Waals surface area contributed by atoms with Gasteiger partial charge in [-0.2, -0.15) is 5.10 Å². The minimum atomic E-state index is 0.0994. The molecule has 5 nitrogen and oxygen atoms in total. The van der Waals surface area contributed by atoms with Crippen molar-refractivity contribution in [1.82, 2.24) is 15.1 Å². The van der Waals surface area contributed by atoms with Crippen molar-refractivity contribution in [3.05, 3.63) is 17.5 Å². The van der Waals surface area contributed by atoms with Crippen LogP contribution in [0.15, 0.2) is 6.07 Å². The van der Waals surface area contributed by atoms with Crippen LogP contribution in [0.25, 0.3) is 0 Å². The number of rotatable bonds is 9. The first-order valence-electron chi connectivity index (χ1n) is 6.19. The molecule has 0 saturated carbocycles. The maximum Gasteiger partial charge on any atom is 0.0697 e. The standard InChI is InChI=1S/C12H23N3O2/c1-3-11-9-12(15(2)14-11)10-13-5-4-7-17-8-6-16/h9,13,16H,3-8,10H2,1-2H3. The molecule has 1 aromatic heterocycles. The summed E-state index contributed by atoms with van der Waals surface area (Å²) in [5.74, 6) is 0. The van der Waals surface area contributed by atoms with Crippen molar-refractivity contribution in [2.24, 2.45) is 7.05 Å². The Morgan fingerprint density at radius 1 is 1.47 bits per heavy atom. The number of aliphatic hydroxyl groups excluding tert-OH is 1. The Labute approximate surface area is 103 Å². The lowest BCUT2D eigenvalue weighted by Gasteiger charge is -2.05. The molecule has 0 bridgehead atoms. The van der Waals surface area contributed by atoms with E-state index >= 15 is 0 Å². The number of aryl methyl sites for hydroxylation is 2. The average Bonchev–Trinajstić information content (AvgIpc) is 2.69. The Balaban J connectivity index is 2.11. The van der Waals surface area contributed by atoms with E-state index in [1.165, 1.54) is 5.69 Å². The fourth-order valence-electron chi connectivity index (χ4n) is 1.59. The van der Waals surface area contributed by atoms with Gasteiger partial charge in [-0.3, -0.25) is 4.68 Å². The van der Waals surface area contributed by atoms with Gasteiger partial charge in [0.2, 0.25) is 0 Å². The van der Waals surface area contributed by atoms with Crippen molar-refractivity contribution in [3.63, 3.8) is 0 Å².